The van der Waals surface area contributed by atoms with Crippen molar-refractivity contribution in [3.63, 3.8) is 0 Å². The second-order valence-electron chi connectivity index (χ2n) is 8.23. The zero-order chi connectivity index (χ0) is 20.1. The fourth-order valence-electron chi connectivity index (χ4n) is 2.41. The molecule has 0 unspecified atom stereocenters. The summed E-state index contributed by atoms with van der Waals surface area (Å²) >= 11 is 2.36. The Morgan fingerprint density at radius 1 is 1.00 bits per heavy atom. The first kappa shape index (κ1) is 22.2. The van der Waals surface area contributed by atoms with Gasteiger partial charge in [0.2, 0.25) is 0 Å². The van der Waals surface area contributed by atoms with Gasteiger partial charge in [0.15, 0.2) is 19.8 Å². The molecule has 0 bridgehead atoms. The van der Waals surface area contributed by atoms with Crippen LogP contribution < -0.4 is 9.47 Å². The lowest BCUT2D eigenvalue weighted by atomic mass is 10.1. The third-order valence-corrected chi connectivity index (χ3v) is 10.8. The summed E-state index contributed by atoms with van der Waals surface area (Å²) in [4.78, 5) is 0. The van der Waals surface area contributed by atoms with Crippen LogP contribution in [0.1, 0.15) is 31.9 Å². The number of methoxy groups -OCH3 is 1. The second kappa shape index (κ2) is 9.43. The van der Waals surface area contributed by atoms with E-state index < -0.39 is 8.32 Å². The van der Waals surface area contributed by atoms with E-state index in [1.54, 1.807) is 7.11 Å². The van der Waals surface area contributed by atoms with Crippen molar-refractivity contribution < 1.29 is 13.9 Å². The van der Waals surface area contributed by atoms with Gasteiger partial charge in [-0.1, -0.05) is 51.1 Å². The first-order valence-corrected chi connectivity index (χ1v) is 13.3. The first-order valence-electron chi connectivity index (χ1n) is 9.31. The smallest absolute Gasteiger partial charge is 0.191 e. The van der Waals surface area contributed by atoms with Crippen LogP contribution in [0.3, 0.4) is 0 Å². The van der Waals surface area contributed by atoms with Gasteiger partial charge in [-0.3, -0.25) is 0 Å². The maximum absolute atomic E-state index is 6.34. The van der Waals surface area contributed by atoms with E-state index in [0.717, 1.165) is 30.1 Å². The van der Waals surface area contributed by atoms with Crippen molar-refractivity contribution in [3.8, 4) is 11.5 Å². The molecular formula is C22H31IO3Si. The zero-order valence-corrected chi connectivity index (χ0v) is 20.4. The van der Waals surface area contributed by atoms with Gasteiger partial charge in [0.1, 0.15) is 6.61 Å². The Hall–Kier alpha value is -1.05. The molecule has 2 rings (SSSR count). The molecule has 2 aromatic rings. The molecule has 0 radical (unpaired) electrons. The predicted octanol–water partition coefficient (Wildman–Crippen LogP) is 6.44. The predicted molar refractivity (Wildman–Crippen MR) is 123 cm³/mol. The van der Waals surface area contributed by atoms with Crippen LogP contribution in [0.5, 0.6) is 11.5 Å². The van der Waals surface area contributed by atoms with Gasteiger partial charge < -0.3 is 13.9 Å². The Morgan fingerprint density at radius 3 is 2.26 bits per heavy atom. The highest BCUT2D eigenvalue weighted by atomic mass is 127. The van der Waals surface area contributed by atoms with Crippen molar-refractivity contribution in [2.24, 2.45) is 0 Å². The van der Waals surface area contributed by atoms with E-state index in [-0.39, 0.29) is 5.04 Å². The number of benzene rings is 2. The summed E-state index contributed by atoms with van der Waals surface area (Å²) in [6, 6.07) is 14.3. The van der Waals surface area contributed by atoms with E-state index in [0.29, 0.717) is 6.61 Å². The normalized spacial score (nSPS) is 12.1. The molecule has 148 valence electrons. The Balaban J connectivity index is 2.08. The van der Waals surface area contributed by atoms with Gasteiger partial charge in [-0.25, -0.2) is 0 Å². The molecule has 0 saturated carbocycles. The summed E-state index contributed by atoms with van der Waals surface area (Å²) in [5, 5.41) is 0.226. The van der Waals surface area contributed by atoms with Crippen LogP contribution in [-0.2, 0) is 17.5 Å². The largest absolute Gasteiger partial charge is 0.493 e. The quantitative estimate of drug-likeness (QED) is 0.310. The lowest BCUT2D eigenvalue weighted by molar-refractivity contribution is 0.281. The lowest BCUT2D eigenvalue weighted by Crippen LogP contribution is -2.41. The molecule has 0 aliphatic rings. The molecule has 0 amide bonds. The standard InChI is InChI=1S/C22H31IO3Si/c1-22(2,3)27(5,6)26-13-12-18-14-21(20(24-4)15-19(18)23)25-16-17-10-8-7-9-11-17/h7-11,14-15H,12-13,16H2,1-6H3. The average molecular weight is 498 g/mol. The maximum atomic E-state index is 6.34. The third kappa shape index (κ3) is 6.22. The van der Waals surface area contributed by atoms with Crippen LogP contribution >= 0.6 is 22.6 Å². The Kier molecular flexibility index (Phi) is 7.77. The summed E-state index contributed by atoms with van der Waals surface area (Å²) in [6.07, 6.45) is 0.872. The fourth-order valence-corrected chi connectivity index (χ4v) is 4.16. The van der Waals surface area contributed by atoms with Crippen LogP contribution in [0.15, 0.2) is 42.5 Å². The minimum Gasteiger partial charge on any atom is -0.493 e. The van der Waals surface area contributed by atoms with Crippen molar-refractivity contribution in [1.82, 2.24) is 0 Å². The van der Waals surface area contributed by atoms with Gasteiger partial charge in [-0.2, -0.15) is 0 Å². The zero-order valence-electron chi connectivity index (χ0n) is 17.3. The van der Waals surface area contributed by atoms with E-state index in [1.807, 2.05) is 24.3 Å². The van der Waals surface area contributed by atoms with E-state index in [9.17, 15) is 0 Å². The Labute approximate surface area is 178 Å². The molecule has 0 aromatic heterocycles. The van der Waals surface area contributed by atoms with Crippen LogP contribution in [0.25, 0.3) is 0 Å². The molecule has 2 aromatic carbocycles. The molecule has 0 aliphatic carbocycles. The topological polar surface area (TPSA) is 27.7 Å². The van der Waals surface area contributed by atoms with E-state index >= 15 is 0 Å². The molecule has 0 N–H and O–H groups in total. The summed E-state index contributed by atoms with van der Waals surface area (Å²) in [7, 11) is -0.0436. The number of rotatable bonds is 8. The van der Waals surface area contributed by atoms with Crippen LogP contribution in [0, 0.1) is 3.57 Å². The molecule has 0 heterocycles. The molecule has 0 atom stereocenters. The van der Waals surface area contributed by atoms with E-state index in [2.05, 4.69) is 74.7 Å². The Morgan fingerprint density at radius 2 is 1.67 bits per heavy atom. The Bertz CT molecular complexity index is 739. The molecule has 0 saturated heterocycles. The molecule has 3 nitrogen and oxygen atoms in total. The van der Waals surface area contributed by atoms with Gasteiger partial charge in [0.25, 0.3) is 0 Å². The second-order valence-corrected chi connectivity index (χ2v) is 14.2. The van der Waals surface area contributed by atoms with E-state index in [1.165, 1.54) is 9.13 Å². The molecular weight excluding hydrogens is 467 g/mol. The van der Waals surface area contributed by atoms with Crippen LogP contribution in [-0.4, -0.2) is 22.0 Å². The third-order valence-electron chi connectivity index (χ3n) is 5.21. The minimum absolute atomic E-state index is 0.226. The molecule has 0 fully saturated rings. The van der Waals surface area contributed by atoms with Gasteiger partial charge in [-0.15, -0.1) is 0 Å². The summed E-state index contributed by atoms with van der Waals surface area (Å²) in [5.41, 5.74) is 2.37. The van der Waals surface area contributed by atoms with Crippen molar-refractivity contribution in [1.29, 1.82) is 0 Å². The molecule has 0 spiro atoms. The van der Waals surface area contributed by atoms with Gasteiger partial charge in [-0.05, 0) is 70.4 Å². The van der Waals surface area contributed by atoms with Crippen molar-refractivity contribution >= 4 is 30.9 Å². The number of halogens is 1. The number of ether oxygens (including phenoxy) is 2. The van der Waals surface area contributed by atoms with Gasteiger partial charge in [0, 0.05) is 10.2 Å². The molecule has 0 aliphatic heterocycles. The van der Waals surface area contributed by atoms with Crippen molar-refractivity contribution in [3.05, 3.63) is 57.2 Å². The number of hydrogen-bond donors (Lipinski definition) is 0. The highest BCUT2D eigenvalue weighted by Crippen LogP contribution is 2.37. The summed E-state index contributed by atoms with van der Waals surface area (Å²) in [6.45, 7) is 12.7. The monoisotopic (exact) mass is 498 g/mol. The fraction of sp³-hybridized carbons (Fsp3) is 0.455. The average Bonchev–Trinajstić information content (AvgIpc) is 2.61. The maximum Gasteiger partial charge on any atom is 0.191 e. The molecule has 5 heteroatoms. The SMILES string of the molecule is COc1cc(I)c(CCO[Si](C)(C)C(C)(C)C)cc1OCc1ccccc1. The van der Waals surface area contributed by atoms with Crippen LogP contribution in [0.2, 0.25) is 18.1 Å². The van der Waals surface area contributed by atoms with Crippen LogP contribution in [0.4, 0.5) is 0 Å². The van der Waals surface area contributed by atoms with Gasteiger partial charge >= 0.3 is 0 Å². The highest BCUT2D eigenvalue weighted by Gasteiger charge is 2.36. The molecule has 27 heavy (non-hydrogen) atoms. The van der Waals surface area contributed by atoms with Gasteiger partial charge in [0.05, 0.1) is 7.11 Å². The minimum atomic E-state index is -1.73. The highest BCUT2D eigenvalue weighted by molar-refractivity contribution is 14.1. The lowest BCUT2D eigenvalue weighted by Gasteiger charge is -2.36. The van der Waals surface area contributed by atoms with E-state index in [4.69, 9.17) is 13.9 Å². The van der Waals surface area contributed by atoms with Crippen molar-refractivity contribution in [2.45, 2.75) is 51.9 Å². The summed E-state index contributed by atoms with van der Waals surface area (Å²) < 4.78 is 19.1. The number of hydrogen-bond acceptors (Lipinski definition) is 3. The summed E-state index contributed by atoms with van der Waals surface area (Å²) in [5.74, 6) is 1.55. The van der Waals surface area contributed by atoms with Crippen molar-refractivity contribution in [2.75, 3.05) is 13.7 Å². The first-order chi connectivity index (χ1) is 12.6.